The van der Waals surface area contributed by atoms with Gasteiger partial charge in [0.05, 0.1) is 11.7 Å². The topological polar surface area (TPSA) is 80.3 Å². The van der Waals surface area contributed by atoms with Crippen LogP contribution in [0.1, 0.15) is 56.8 Å². The lowest BCUT2D eigenvalue weighted by Crippen LogP contribution is -2.60. The van der Waals surface area contributed by atoms with Crippen LogP contribution >= 0.6 is 0 Å². The van der Waals surface area contributed by atoms with Crippen LogP contribution in [0.15, 0.2) is 24.5 Å². The Kier molecular flexibility index (Phi) is 4.94. The van der Waals surface area contributed by atoms with Crippen LogP contribution in [-0.2, 0) is 9.53 Å². The number of hydrogen-bond acceptors (Lipinski definition) is 4. The third-order valence-electron chi connectivity index (χ3n) is 7.61. The van der Waals surface area contributed by atoms with Crippen LogP contribution in [0.25, 0.3) is 0 Å². The van der Waals surface area contributed by atoms with E-state index in [9.17, 15) is 9.59 Å². The molecule has 0 aromatic carbocycles. The van der Waals surface area contributed by atoms with Crippen molar-refractivity contribution in [3.05, 3.63) is 30.1 Å². The highest BCUT2D eigenvalue weighted by molar-refractivity contribution is 5.93. The summed E-state index contributed by atoms with van der Waals surface area (Å²) in [4.78, 5) is 28.2. The van der Waals surface area contributed by atoms with Gasteiger partial charge in [-0.1, -0.05) is 13.8 Å². The normalized spacial score (nSPS) is 35.2. The second-order valence-corrected chi connectivity index (χ2v) is 9.38. The Balaban J connectivity index is 1.42. The Bertz CT molecular complexity index is 751. The van der Waals surface area contributed by atoms with Crippen LogP contribution in [0.3, 0.4) is 0 Å². The first-order valence-corrected chi connectivity index (χ1v) is 10.4. The molecule has 2 N–H and O–H groups in total. The van der Waals surface area contributed by atoms with Crippen LogP contribution in [0.4, 0.5) is 0 Å². The Labute approximate surface area is 166 Å². The monoisotopic (exact) mass is 385 g/mol. The predicted molar refractivity (Wildman–Crippen MR) is 106 cm³/mol. The summed E-state index contributed by atoms with van der Waals surface area (Å²) in [6.45, 7) is 7.56. The molecule has 3 fully saturated rings. The van der Waals surface area contributed by atoms with Crippen molar-refractivity contribution < 1.29 is 14.3 Å². The van der Waals surface area contributed by atoms with Crippen molar-refractivity contribution in [2.24, 2.45) is 22.7 Å². The highest BCUT2D eigenvalue weighted by atomic mass is 16.5. The maximum Gasteiger partial charge on any atom is 0.252 e. The zero-order chi connectivity index (χ0) is 19.9. The number of rotatable bonds is 5. The van der Waals surface area contributed by atoms with Gasteiger partial charge < -0.3 is 15.4 Å². The molecule has 1 unspecified atom stereocenters. The Hall–Kier alpha value is -1.95. The summed E-state index contributed by atoms with van der Waals surface area (Å²) in [7, 11) is 0. The standard InChI is InChI=1S/C22H31N3O3/c1-14(26)25-20-21(2,3)16-11-17-18(28-10-7-22(17,20)12-16)6-9-24-19(27)15-5-4-8-23-13-15/h4-5,8,13,16-18,20H,6-7,9-12H2,1-3H3,(H,24,27)(H,25,26)/t16-,17-,18-,20-,22?/m1/s1. The van der Waals surface area contributed by atoms with Gasteiger partial charge in [0.15, 0.2) is 0 Å². The first kappa shape index (κ1) is 19.4. The number of carbonyl (C=O) groups is 2. The molecule has 5 atom stereocenters. The van der Waals surface area contributed by atoms with E-state index < -0.39 is 0 Å². The van der Waals surface area contributed by atoms with Crippen LogP contribution < -0.4 is 10.6 Å². The molecule has 0 radical (unpaired) electrons. The summed E-state index contributed by atoms with van der Waals surface area (Å²) in [5, 5.41) is 6.30. The highest BCUT2D eigenvalue weighted by Gasteiger charge is 2.68. The number of hydrogen-bond donors (Lipinski definition) is 2. The van der Waals surface area contributed by atoms with E-state index in [2.05, 4.69) is 29.5 Å². The highest BCUT2D eigenvalue weighted by Crippen LogP contribution is 2.68. The van der Waals surface area contributed by atoms with Gasteiger partial charge in [0, 0.05) is 38.5 Å². The summed E-state index contributed by atoms with van der Waals surface area (Å²) in [5.74, 6) is 1.03. The van der Waals surface area contributed by atoms with E-state index in [1.807, 2.05) is 0 Å². The molecule has 6 nitrogen and oxygen atoms in total. The lowest BCUT2D eigenvalue weighted by Gasteiger charge is -2.53. The number of carbonyl (C=O) groups excluding carboxylic acids is 2. The van der Waals surface area contributed by atoms with Crippen molar-refractivity contribution in [3.8, 4) is 0 Å². The molecule has 1 aromatic heterocycles. The Morgan fingerprint density at radius 2 is 2.18 bits per heavy atom. The quantitative estimate of drug-likeness (QED) is 0.816. The van der Waals surface area contributed by atoms with Crippen LogP contribution in [0.2, 0.25) is 0 Å². The van der Waals surface area contributed by atoms with Crippen molar-refractivity contribution in [1.29, 1.82) is 0 Å². The molecular formula is C22H31N3O3. The van der Waals surface area contributed by atoms with Gasteiger partial charge in [-0.15, -0.1) is 0 Å². The summed E-state index contributed by atoms with van der Waals surface area (Å²) in [6.07, 6.45) is 7.53. The third-order valence-corrected chi connectivity index (χ3v) is 7.61. The smallest absolute Gasteiger partial charge is 0.252 e. The van der Waals surface area contributed by atoms with Crippen molar-refractivity contribution in [2.75, 3.05) is 13.2 Å². The molecule has 1 spiro atoms. The van der Waals surface area contributed by atoms with Crippen molar-refractivity contribution in [2.45, 2.75) is 58.6 Å². The lowest BCUT2D eigenvalue weighted by molar-refractivity contribution is -0.135. The van der Waals surface area contributed by atoms with E-state index in [-0.39, 0.29) is 34.8 Å². The minimum absolute atomic E-state index is 0.0607. The van der Waals surface area contributed by atoms with Gasteiger partial charge in [-0.2, -0.15) is 0 Å². The maximum absolute atomic E-state index is 12.3. The molecule has 6 heteroatoms. The fourth-order valence-electron chi connectivity index (χ4n) is 6.32. The van der Waals surface area contributed by atoms with E-state index in [4.69, 9.17) is 4.74 Å². The zero-order valence-electron chi connectivity index (χ0n) is 17.0. The SMILES string of the molecule is CC(=O)N[C@@H]1C(C)(C)[C@@H]2C[C@@H]3[C@@H](CCNC(=O)c4cccnc4)OCCC31C2. The second-order valence-electron chi connectivity index (χ2n) is 9.38. The average Bonchev–Trinajstić information content (AvgIpc) is 3.16. The third kappa shape index (κ3) is 3.11. The van der Waals surface area contributed by atoms with Crippen molar-refractivity contribution >= 4 is 11.8 Å². The largest absolute Gasteiger partial charge is 0.378 e. The van der Waals surface area contributed by atoms with E-state index in [1.165, 1.54) is 6.42 Å². The van der Waals surface area contributed by atoms with E-state index >= 15 is 0 Å². The summed E-state index contributed by atoms with van der Waals surface area (Å²) in [5.41, 5.74) is 0.838. The van der Waals surface area contributed by atoms with Crippen molar-refractivity contribution in [3.63, 3.8) is 0 Å². The molecule has 2 aliphatic carbocycles. The number of ether oxygens (including phenoxy) is 1. The molecular weight excluding hydrogens is 354 g/mol. The van der Waals surface area contributed by atoms with Gasteiger partial charge in [-0.05, 0) is 60.5 Å². The Morgan fingerprint density at radius 1 is 1.36 bits per heavy atom. The van der Waals surface area contributed by atoms with Crippen molar-refractivity contribution in [1.82, 2.24) is 15.6 Å². The molecule has 2 saturated carbocycles. The lowest BCUT2D eigenvalue weighted by atomic mass is 9.59. The summed E-state index contributed by atoms with van der Waals surface area (Å²) < 4.78 is 6.17. The van der Waals surface area contributed by atoms with Crippen LogP contribution in [-0.4, -0.2) is 42.1 Å². The number of amides is 2. The van der Waals surface area contributed by atoms with Crippen LogP contribution in [0, 0.1) is 22.7 Å². The molecule has 3 aliphatic rings. The number of nitrogens with zero attached hydrogens (tertiary/aromatic N) is 1. The number of fused-ring (bicyclic) bond motifs is 1. The number of nitrogens with one attached hydrogen (secondary N) is 2. The molecule has 152 valence electrons. The maximum atomic E-state index is 12.3. The fourth-order valence-corrected chi connectivity index (χ4v) is 6.32. The minimum Gasteiger partial charge on any atom is -0.378 e. The minimum atomic E-state index is -0.0937. The Morgan fingerprint density at radius 3 is 2.89 bits per heavy atom. The van der Waals surface area contributed by atoms with Gasteiger partial charge in [0.2, 0.25) is 5.91 Å². The van der Waals surface area contributed by atoms with Gasteiger partial charge >= 0.3 is 0 Å². The number of aromatic nitrogens is 1. The fraction of sp³-hybridized carbons (Fsp3) is 0.682. The summed E-state index contributed by atoms with van der Waals surface area (Å²) in [6, 6.07) is 3.74. The van der Waals surface area contributed by atoms with Gasteiger partial charge in [0.25, 0.3) is 5.91 Å². The predicted octanol–water partition coefficient (Wildman–Crippen LogP) is 2.55. The molecule has 1 saturated heterocycles. The molecule has 1 aliphatic heterocycles. The number of pyridine rings is 1. The second kappa shape index (κ2) is 7.14. The van der Waals surface area contributed by atoms with Gasteiger partial charge in [-0.25, -0.2) is 0 Å². The molecule has 2 bridgehead atoms. The van der Waals surface area contributed by atoms with E-state index in [0.29, 0.717) is 23.9 Å². The first-order chi connectivity index (χ1) is 13.3. The molecule has 2 amide bonds. The van der Waals surface area contributed by atoms with Crippen LogP contribution in [0.5, 0.6) is 0 Å². The van der Waals surface area contributed by atoms with E-state index in [1.54, 1.807) is 31.5 Å². The average molecular weight is 386 g/mol. The molecule has 4 rings (SSSR count). The van der Waals surface area contributed by atoms with Gasteiger partial charge in [-0.3, -0.25) is 14.6 Å². The first-order valence-electron chi connectivity index (χ1n) is 10.4. The van der Waals surface area contributed by atoms with E-state index in [0.717, 1.165) is 25.9 Å². The van der Waals surface area contributed by atoms with Gasteiger partial charge in [0.1, 0.15) is 0 Å². The summed E-state index contributed by atoms with van der Waals surface area (Å²) >= 11 is 0. The zero-order valence-corrected chi connectivity index (χ0v) is 17.0. The molecule has 2 heterocycles. The molecule has 1 aromatic rings. The molecule has 28 heavy (non-hydrogen) atoms.